The van der Waals surface area contributed by atoms with Crippen LogP contribution in [0.5, 0.6) is 0 Å². The second kappa shape index (κ2) is 4.84. The average Bonchev–Trinajstić information content (AvgIpc) is 2.79. The highest BCUT2D eigenvalue weighted by atomic mass is 15.1. The van der Waals surface area contributed by atoms with Crippen LogP contribution in [0.2, 0.25) is 0 Å². The summed E-state index contributed by atoms with van der Waals surface area (Å²) in [7, 11) is 0. The first-order chi connectivity index (χ1) is 9.92. The van der Waals surface area contributed by atoms with Gasteiger partial charge in [-0.15, -0.1) is 0 Å². The molecule has 3 aromatic rings. The van der Waals surface area contributed by atoms with Gasteiger partial charge in [0.05, 0.1) is 22.9 Å². The van der Waals surface area contributed by atoms with Gasteiger partial charge < -0.3 is 5.73 Å². The molecule has 2 heterocycles. The molecule has 0 amide bonds. The maximum atomic E-state index is 5.79. The number of imidazole rings is 1. The van der Waals surface area contributed by atoms with Crippen molar-refractivity contribution in [3.8, 4) is 5.82 Å². The van der Waals surface area contributed by atoms with E-state index >= 15 is 0 Å². The first kappa shape index (κ1) is 13.5. The van der Waals surface area contributed by atoms with Gasteiger partial charge in [0.1, 0.15) is 6.33 Å². The van der Waals surface area contributed by atoms with Gasteiger partial charge in [-0.25, -0.2) is 9.97 Å². The van der Waals surface area contributed by atoms with Crippen LogP contribution in [0.3, 0.4) is 0 Å². The van der Waals surface area contributed by atoms with E-state index in [0.29, 0.717) is 5.69 Å². The molecule has 5 nitrogen and oxygen atoms in total. The molecule has 0 saturated heterocycles. The lowest BCUT2D eigenvalue weighted by Gasteiger charge is -2.17. The number of anilines is 1. The van der Waals surface area contributed by atoms with Crippen molar-refractivity contribution in [3.63, 3.8) is 0 Å². The molecule has 0 spiro atoms. The molecule has 108 valence electrons. The molecule has 5 heteroatoms. The summed E-state index contributed by atoms with van der Waals surface area (Å²) in [5.41, 5.74) is 9.50. The molecule has 0 aliphatic heterocycles. The predicted molar refractivity (Wildman–Crippen MR) is 84.2 cm³/mol. The van der Waals surface area contributed by atoms with Crippen LogP contribution in [0.25, 0.3) is 16.9 Å². The van der Waals surface area contributed by atoms with Crippen LogP contribution in [0.15, 0.2) is 36.9 Å². The molecule has 0 aliphatic rings. The van der Waals surface area contributed by atoms with E-state index in [9.17, 15) is 0 Å². The fourth-order valence-corrected chi connectivity index (χ4v) is 2.35. The van der Waals surface area contributed by atoms with Gasteiger partial charge >= 0.3 is 0 Å². The second-order valence-electron chi connectivity index (χ2n) is 6.47. The van der Waals surface area contributed by atoms with Gasteiger partial charge in [0, 0.05) is 11.9 Å². The molecule has 21 heavy (non-hydrogen) atoms. The number of benzene rings is 1. The minimum Gasteiger partial charge on any atom is -0.399 e. The van der Waals surface area contributed by atoms with Crippen LogP contribution >= 0.6 is 0 Å². The zero-order valence-corrected chi connectivity index (χ0v) is 12.5. The molecule has 0 atom stereocenters. The summed E-state index contributed by atoms with van der Waals surface area (Å²) < 4.78 is 1.94. The number of nitrogens with two attached hydrogens (primary N) is 1. The van der Waals surface area contributed by atoms with Crippen molar-refractivity contribution >= 4 is 16.7 Å². The van der Waals surface area contributed by atoms with E-state index in [1.165, 1.54) is 0 Å². The van der Waals surface area contributed by atoms with Crippen LogP contribution in [-0.2, 0) is 6.42 Å². The number of nitrogens with zero attached hydrogens (tertiary/aromatic N) is 4. The van der Waals surface area contributed by atoms with Gasteiger partial charge in [-0.3, -0.25) is 9.55 Å². The first-order valence-corrected chi connectivity index (χ1v) is 6.96. The Hall–Kier alpha value is -2.43. The highest BCUT2D eigenvalue weighted by Crippen LogP contribution is 2.21. The lowest BCUT2D eigenvalue weighted by molar-refractivity contribution is 0.405. The van der Waals surface area contributed by atoms with Crippen molar-refractivity contribution in [3.05, 3.63) is 42.6 Å². The number of fused-ring (bicyclic) bond motifs is 1. The maximum absolute atomic E-state index is 5.79. The lowest BCUT2D eigenvalue weighted by Crippen LogP contribution is -2.12. The van der Waals surface area contributed by atoms with Crippen LogP contribution in [-0.4, -0.2) is 19.5 Å². The van der Waals surface area contributed by atoms with Gasteiger partial charge in [-0.1, -0.05) is 20.8 Å². The Morgan fingerprint density at radius 2 is 2.00 bits per heavy atom. The number of hydrogen-bond acceptors (Lipinski definition) is 4. The Morgan fingerprint density at radius 1 is 1.19 bits per heavy atom. The summed E-state index contributed by atoms with van der Waals surface area (Å²) in [6.07, 6.45) is 6.22. The molecule has 0 radical (unpaired) electrons. The van der Waals surface area contributed by atoms with Crippen LogP contribution in [0.1, 0.15) is 26.5 Å². The lowest BCUT2D eigenvalue weighted by atomic mass is 9.91. The normalized spacial score (nSPS) is 12.0. The van der Waals surface area contributed by atoms with E-state index < -0.39 is 0 Å². The summed E-state index contributed by atoms with van der Waals surface area (Å²) >= 11 is 0. The smallest absolute Gasteiger partial charge is 0.157 e. The average molecular weight is 281 g/mol. The molecule has 1 aromatic carbocycles. The Kier molecular flexibility index (Phi) is 3.12. The van der Waals surface area contributed by atoms with Crippen LogP contribution in [0.4, 0.5) is 5.69 Å². The molecule has 2 aromatic heterocycles. The summed E-state index contributed by atoms with van der Waals surface area (Å²) in [6.45, 7) is 6.57. The van der Waals surface area contributed by atoms with E-state index in [0.717, 1.165) is 29.0 Å². The van der Waals surface area contributed by atoms with Gasteiger partial charge in [0.25, 0.3) is 0 Å². The van der Waals surface area contributed by atoms with Crippen LogP contribution in [0, 0.1) is 5.41 Å². The quantitative estimate of drug-likeness (QED) is 0.733. The van der Waals surface area contributed by atoms with E-state index in [1.807, 2.05) is 29.0 Å². The number of rotatable bonds is 2. The Bertz CT molecular complexity index is 783. The third kappa shape index (κ3) is 2.86. The number of nitrogen functional groups attached to an aromatic ring is 1. The summed E-state index contributed by atoms with van der Waals surface area (Å²) in [4.78, 5) is 13.4. The van der Waals surface area contributed by atoms with Gasteiger partial charge in [-0.2, -0.15) is 0 Å². The monoisotopic (exact) mass is 281 g/mol. The fourth-order valence-electron chi connectivity index (χ4n) is 2.35. The van der Waals surface area contributed by atoms with Crippen molar-refractivity contribution in [2.45, 2.75) is 27.2 Å². The van der Waals surface area contributed by atoms with Crippen molar-refractivity contribution in [2.75, 3.05) is 5.73 Å². The van der Waals surface area contributed by atoms with Crippen LogP contribution < -0.4 is 5.73 Å². The molecule has 0 aliphatic carbocycles. The molecular weight excluding hydrogens is 262 g/mol. The minimum atomic E-state index is 0.179. The second-order valence-corrected chi connectivity index (χ2v) is 6.47. The Labute approximate surface area is 123 Å². The number of aromatic nitrogens is 4. The van der Waals surface area contributed by atoms with Crippen molar-refractivity contribution in [1.82, 2.24) is 19.5 Å². The minimum absolute atomic E-state index is 0.179. The topological polar surface area (TPSA) is 69.6 Å². The highest BCUT2D eigenvalue weighted by molar-refractivity contribution is 5.80. The summed E-state index contributed by atoms with van der Waals surface area (Å²) in [5, 5.41) is 0. The predicted octanol–water partition coefficient (Wildman–Crippen LogP) is 2.99. The van der Waals surface area contributed by atoms with Gasteiger partial charge in [0.2, 0.25) is 0 Å². The SMILES string of the molecule is CC(C)(C)Cc1cncc(-n2cnc3cc(N)ccc32)n1. The fraction of sp³-hybridized carbons (Fsp3) is 0.312. The van der Waals surface area contributed by atoms with Gasteiger partial charge in [0.15, 0.2) is 5.82 Å². The highest BCUT2D eigenvalue weighted by Gasteiger charge is 2.14. The third-order valence-corrected chi connectivity index (χ3v) is 3.20. The molecular formula is C16H19N5. The van der Waals surface area contributed by atoms with Crippen molar-refractivity contribution < 1.29 is 0 Å². The van der Waals surface area contributed by atoms with E-state index in [1.54, 1.807) is 12.5 Å². The Balaban J connectivity index is 2.04. The molecule has 0 fully saturated rings. The molecule has 0 unspecified atom stereocenters. The Morgan fingerprint density at radius 3 is 2.76 bits per heavy atom. The number of hydrogen-bond donors (Lipinski definition) is 1. The third-order valence-electron chi connectivity index (χ3n) is 3.20. The standard InChI is InChI=1S/C16H19N5/c1-16(2,3)7-12-8-18-9-15(20-12)21-10-19-13-6-11(17)4-5-14(13)21/h4-6,8-10H,7,17H2,1-3H3. The molecule has 2 N–H and O–H groups in total. The van der Waals surface area contributed by atoms with Gasteiger partial charge in [-0.05, 0) is 30.0 Å². The summed E-state index contributed by atoms with van der Waals surface area (Å²) in [5.74, 6) is 0.782. The van der Waals surface area contributed by atoms with E-state index in [2.05, 4.69) is 30.7 Å². The first-order valence-electron chi connectivity index (χ1n) is 6.96. The largest absolute Gasteiger partial charge is 0.399 e. The molecule has 0 saturated carbocycles. The van der Waals surface area contributed by atoms with E-state index in [4.69, 9.17) is 10.7 Å². The molecule has 3 rings (SSSR count). The maximum Gasteiger partial charge on any atom is 0.157 e. The van der Waals surface area contributed by atoms with E-state index in [-0.39, 0.29) is 5.41 Å². The summed E-state index contributed by atoms with van der Waals surface area (Å²) in [6, 6.07) is 5.68. The van der Waals surface area contributed by atoms with Crippen molar-refractivity contribution in [2.24, 2.45) is 5.41 Å². The zero-order valence-electron chi connectivity index (χ0n) is 12.5. The van der Waals surface area contributed by atoms with Crippen molar-refractivity contribution in [1.29, 1.82) is 0 Å². The zero-order chi connectivity index (χ0) is 15.0. The molecule has 0 bridgehead atoms.